The molecule has 2 heterocycles. The summed E-state index contributed by atoms with van der Waals surface area (Å²) in [5, 5.41) is 2.07. The van der Waals surface area contributed by atoms with E-state index >= 15 is 0 Å². The molecule has 3 nitrogen and oxygen atoms in total. The molecule has 0 spiro atoms. The van der Waals surface area contributed by atoms with Crippen molar-refractivity contribution >= 4 is 33.2 Å². The van der Waals surface area contributed by atoms with Gasteiger partial charge in [-0.15, -0.1) is 11.3 Å². The van der Waals surface area contributed by atoms with E-state index in [1.807, 2.05) is 6.07 Å². The van der Waals surface area contributed by atoms with Crippen LogP contribution in [0.3, 0.4) is 0 Å². The fraction of sp³-hybridized carbons (Fsp3) is 0.353. The Kier molecular flexibility index (Phi) is 4.96. The molecular formula is C17H18BrNO2S. The molecule has 0 bridgehead atoms. The minimum Gasteiger partial charge on any atom is -0.469 e. The molecule has 116 valence electrons. The number of hydrogen-bond donors (Lipinski definition) is 0. The predicted molar refractivity (Wildman–Crippen MR) is 92.0 cm³/mol. The highest BCUT2D eigenvalue weighted by atomic mass is 79.9. The zero-order valence-corrected chi connectivity index (χ0v) is 14.8. The molecule has 0 N–H and O–H groups in total. The normalized spacial score (nSPS) is 21.9. The Morgan fingerprint density at radius 3 is 2.77 bits per heavy atom. The van der Waals surface area contributed by atoms with Gasteiger partial charge in [-0.3, -0.25) is 9.69 Å². The van der Waals surface area contributed by atoms with E-state index in [0.29, 0.717) is 0 Å². The third kappa shape index (κ3) is 3.42. The molecular weight excluding hydrogens is 362 g/mol. The van der Waals surface area contributed by atoms with Crippen molar-refractivity contribution in [3.8, 4) is 0 Å². The summed E-state index contributed by atoms with van der Waals surface area (Å²) in [5.74, 6) is 0.0248. The number of ether oxygens (including phenoxy) is 1. The van der Waals surface area contributed by atoms with Gasteiger partial charge in [-0.1, -0.05) is 30.3 Å². The minimum atomic E-state index is -0.106. The van der Waals surface area contributed by atoms with Crippen LogP contribution in [0.25, 0.3) is 0 Å². The maximum absolute atomic E-state index is 12.1. The second-order valence-corrected chi connectivity index (χ2v) is 7.44. The number of carbonyl (C=O) groups is 1. The van der Waals surface area contributed by atoms with Crippen LogP contribution in [0, 0.1) is 5.92 Å². The fourth-order valence-electron chi connectivity index (χ4n) is 3.06. The lowest BCUT2D eigenvalue weighted by Crippen LogP contribution is -2.24. The smallest absolute Gasteiger partial charge is 0.310 e. The molecule has 0 radical (unpaired) electrons. The highest BCUT2D eigenvalue weighted by Gasteiger charge is 2.39. The molecule has 2 unspecified atom stereocenters. The monoisotopic (exact) mass is 379 g/mol. The zero-order valence-electron chi connectivity index (χ0n) is 12.4. The number of hydrogen-bond acceptors (Lipinski definition) is 4. The quantitative estimate of drug-likeness (QED) is 0.754. The largest absolute Gasteiger partial charge is 0.469 e. The van der Waals surface area contributed by atoms with Crippen molar-refractivity contribution in [2.24, 2.45) is 5.92 Å². The van der Waals surface area contributed by atoms with Crippen LogP contribution < -0.4 is 0 Å². The van der Waals surface area contributed by atoms with Crippen molar-refractivity contribution in [3.63, 3.8) is 0 Å². The Bertz CT molecular complexity index is 643. The number of rotatable bonds is 4. The van der Waals surface area contributed by atoms with E-state index in [-0.39, 0.29) is 17.8 Å². The lowest BCUT2D eigenvalue weighted by atomic mass is 9.95. The van der Waals surface area contributed by atoms with Crippen molar-refractivity contribution in [3.05, 3.63) is 56.7 Å². The van der Waals surface area contributed by atoms with Gasteiger partial charge in [-0.05, 0) is 27.6 Å². The number of methoxy groups -OCH3 is 1. The van der Waals surface area contributed by atoms with Gasteiger partial charge >= 0.3 is 5.97 Å². The lowest BCUT2D eigenvalue weighted by Gasteiger charge is -2.15. The van der Waals surface area contributed by atoms with Crippen LogP contribution in [0.2, 0.25) is 0 Å². The molecule has 0 amide bonds. The first-order valence-electron chi connectivity index (χ1n) is 7.25. The minimum absolute atomic E-state index is 0.0840. The molecule has 0 aliphatic carbocycles. The second-order valence-electron chi connectivity index (χ2n) is 5.58. The standard InChI is InChI=1S/C17H18BrNO2S/c1-21-17(20)15-10-19(8-12-5-3-2-4-6-12)9-14(15)16-7-13(18)11-22-16/h2-7,11,14-15H,8-10H2,1H3. The number of likely N-dealkylation sites (tertiary alicyclic amines) is 1. The van der Waals surface area contributed by atoms with Gasteiger partial charge < -0.3 is 4.74 Å². The van der Waals surface area contributed by atoms with Crippen LogP contribution in [-0.2, 0) is 16.1 Å². The molecule has 1 aromatic carbocycles. The summed E-state index contributed by atoms with van der Waals surface area (Å²) in [4.78, 5) is 15.7. The van der Waals surface area contributed by atoms with Crippen LogP contribution in [0.4, 0.5) is 0 Å². The molecule has 1 aromatic heterocycles. The van der Waals surface area contributed by atoms with Gasteiger partial charge in [0.2, 0.25) is 0 Å². The first-order valence-corrected chi connectivity index (χ1v) is 8.92. The average Bonchev–Trinajstić information content (AvgIpc) is 3.14. The summed E-state index contributed by atoms with van der Waals surface area (Å²) >= 11 is 5.21. The topological polar surface area (TPSA) is 29.5 Å². The van der Waals surface area contributed by atoms with Gasteiger partial charge in [0.15, 0.2) is 0 Å². The Balaban J connectivity index is 1.78. The van der Waals surface area contributed by atoms with E-state index in [2.05, 4.69) is 56.5 Å². The Hall–Kier alpha value is -1.17. The molecule has 2 aromatic rings. The van der Waals surface area contributed by atoms with Crippen molar-refractivity contribution in [2.45, 2.75) is 12.5 Å². The lowest BCUT2D eigenvalue weighted by molar-refractivity contribution is -0.145. The SMILES string of the molecule is COC(=O)C1CN(Cc2ccccc2)CC1c1cc(Br)cs1. The van der Waals surface area contributed by atoms with E-state index in [9.17, 15) is 4.79 Å². The highest BCUT2D eigenvalue weighted by molar-refractivity contribution is 9.10. The summed E-state index contributed by atoms with van der Waals surface area (Å²) in [5.41, 5.74) is 1.28. The number of thiophene rings is 1. The van der Waals surface area contributed by atoms with Gasteiger partial charge in [0.25, 0.3) is 0 Å². The number of benzene rings is 1. The molecule has 1 aliphatic rings. The maximum atomic E-state index is 12.1. The maximum Gasteiger partial charge on any atom is 0.310 e. The van der Waals surface area contributed by atoms with E-state index in [1.54, 1.807) is 11.3 Å². The molecule has 5 heteroatoms. The molecule has 0 saturated carbocycles. The third-order valence-electron chi connectivity index (χ3n) is 4.10. The molecule has 3 rings (SSSR count). The van der Waals surface area contributed by atoms with Crippen LogP contribution in [0.5, 0.6) is 0 Å². The predicted octanol–water partition coefficient (Wildman–Crippen LogP) is 3.90. The van der Waals surface area contributed by atoms with Crippen LogP contribution in [0.1, 0.15) is 16.4 Å². The number of carbonyl (C=O) groups excluding carboxylic acids is 1. The van der Waals surface area contributed by atoms with Crippen LogP contribution >= 0.6 is 27.3 Å². The summed E-state index contributed by atoms with van der Waals surface area (Å²) in [6, 6.07) is 12.5. The summed E-state index contributed by atoms with van der Waals surface area (Å²) in [6.45, 7) is 2.51. The van der Waals surface area contributed by atoms with Crippen molar-refractivity contribution in [1.29, 1.82) is 0 Å². The van der Waals surface area contributed by atoms with Gasteiger partial charge in [0.05, 0.1) is 13.0 Å². The zero-order chi connectivity index (χ0) is 15.5. The molecule has 1 saturated heterocycles. The first kappa shape index (κ1) is 15.7. The molecule has 2 atom stereocenters. The Labute approximate surface area is 143 Å². The van der Waals surface area contributed by atoms with Gasteiger partial charge in [-0.2, -0.15) is 0 Å². The Morgan fingerprint density at radius 1 is 1.36 bits per heavy atom. The van der Waals surface area contributed by atoms with E-state index in [4.69, 9.17) is 4.74 Å². The number of halogens is 1. The highest BCUT2D eigenvalue weighted by Crippen LogP contribution is 2.38. The fourth-order valence-corrected chi connectivity index (χ4v) is 4.66. The molecule has 22 heavy (non-hydrogen) atoms. The van der Waals surface area contributed by atoms with Crippen molar-refractivity contribution in [1.82, 2.24) is 4.90 Å². The van der Waals surface area contributed by atoms with Gasteiger partial charge in [-0.25, -0.2) is 0 Å². The van der Waals surface area contributed by atoms with E-state index in [1.165, 1.54) is 17.6 Å². The van der Waals surface area contributed by atoms with Crippen LogP contribution in [-0.4, -0.2) is 31.1 Å². The first-order chi connectivity index (χ1) is 10.7. The summed E-state index contributed by atoms with van der Waals surface area (Å²) in [7, 11) is 1.48. The molecule has 1 aliphatic heterocycles. The second kappa shape index (κ2) is 6.94. The van der Waals surface area contributed by atoms with Gasteiger partial charge in [0, 0.05) is 40.3 Å². The summed E-state index contributed by atoms with van der Waals surface area (Å²) < 4.78 is 6.10. The number of nitrogens with zero attached hydrogens (tertiary/aromatic N) is 1. The van der Waals surface area contributed by atoms with E-state index in [0.717, 1.165) is 24.1 Å². The van der Waals surface area contributed by atoms with Crippen molar-refractivity contribution in [2.75, 3.05) is 20.2 Å². The van der Waals surface area contributed by atoms with Crippen LogP contribution in [0.15, 0.2) is 46.3 Å². The van der Waals surface area contributed by atoms with Gasteiger partial charge in [0.1, 0.15) is 0 Å². The van der Waals surface area contributed by atoms with E-state index < -0.39 is 0 Å². The number of esters is 1. The summed E-state index contributed by atoms with van der Waals surface area (Å²) in [6.07, 6.45) is 0. The van der Waals surface area contributed by atoms with Crippen molar-refractivity contribution < 1.29 is 9.53 Å². The Morgan fingerprint density at radius 2 is 2.14 bits per heavy atom. The third-order valence-corrected chi connectivity index (χ3v) is 5.93. The molecule has 1 fully saturated rings. The average molecular weight is 380 g/mol.